The largest absolute Gasteiger partial charge is 0.377 e. The summed E-state index contributed by atoms with van der Waals surface area (Å²) in [6.07, 6.45) is 6.35. The zero-order valence-corrected chi connectivity index (χ0v) is 15.8. The molecule has 2 aliphatic rings. The van der Waals surface area contributed by atoms with Gasteiger partial charge in [-0.25, -0.2) is 0 Å². The number of hydrogen-bond acceptors (Lipinski definition) is 4. The van der Waals surface area contributed by atoms with Crippen LogP contribution in [0, 0.1) is 0 Å². The van der Waals surface area contributed by atoms with Gasteiger partial charge in [0, 0.05) is 40.4 Å². The molecule has 0 spiro atoms. The smallest absolute Gasteiger partial charge is 0.193 e. The zero-order chi connectivity index (χ0) is 17.4. The van der Waals surface area contributed by atoms with Crippen molar-refractivity contribution < 1.29 is 14.2 Å². The highest BCUT2D eigenvalue weighted by molar-refractivity contribution is 5.80. The third-order valence-corrected chi connectivity index (χ3v) is 4.97. The average molecular weight is 341 g/mol. The van der Waals surface area contributed by atoms with Crippen molar-refractivity contribution in [2.45, 2.75) is 63.8 Å². The number of likely N-dealkylation sites (tertiary alicyclic amines) is 1. The summed E-state index contributed by atoms with van der Waals surface area (Å²) >= 11 is 0. The van der Waals surface area contributed by atoms with E-state index in [4.69, 9.17) is 14.2 Å². The molecule has 6 heteroatoms. The normalized spacial score (nSPS) is 24.2. The van der Waals surface area contributed by atoms with Crippen molar-refractivity contribution in [1.29, 1.82) is 0 Å². The predicted octanol–water partition coefficient (Wildman–Crippen LogP) is 2.04. The Morgan fingerprint density at radius 1 is 1.25 bits per heavy atom. The maximum Gasteiger partial charge on any atom is 0.193 e. The van der Waals surface area contributed by atoms with Gasteiger partial charge in [0.2, 0.25) is 0 Å². The molecule has 1 N–H and O–H groups in total. The maximum absolute atomic E-state index is 6.08. The van der Waals surface area contributed by atoms with E-state index in [2.05, 4.69) is 29.1 Å². The molecule has 2 fully saturated rings. The van der Waals surface area contributed by atoms with Crippen molar-refractivity contribution in [3.8, 4) is 0 Å². The Labute approximate surface area is 146 Å². The van der Waals surface area contributed by atoms with Gasteiger partial charge in [0.05, 0.1) is 24.4 Å². The average Bonchev–Trinajstić information content (AvgIpc) is 2.62. The third-order valence-electron chi connectivity index (χ3n) is 4.97. The standard InChI is InChI=1S/C18H35N3O3/c1-18(2,22-4)14-20-17(19-3)21-10-8-15(9-11-21)24-13-16-7-5-6-12-23-16/h15-16H,5-14H2,1-4H3,(H,19,20). The van der Waals surface area contributed by atoms with Gasteiger partial charge >= 0.3 is 0 Å². The number of methoxy groups -OCH3 is 1. The first kappa shape index (κ1) is 19.5. The lowest BCUT2D eigenvalue weighted by molar-refractivity contribution is -0.0721. The monoisotopic (exact) mass is 341 g/mol. The van der Waals surface area contributed by atoms with E-state index in [1.54, 1.807) is 7.11 Å². The lowest BCUT2D eigenvalue weighted by Gasteiger charge is -2.36. The van der Waals surface area contributed by atoms with E-state index in [9.17, 15) is 0 Å². The summed E-state index contributed by atoms with van der Waals surface area (Å²) in [4.78, 5) is 6.72. The number of nitrogens with zero attached hydrogens (tertiary/aromatic N) is 2. The van der Waals surface area contributed by atoms with Crippen molar-refractivity contribution >= 4 is 5.96 Å². The van der Waals surface area contributed by atoms with Crippen LogP contribution in [-0.2, 0) is 14.2 Å². The molecule has 0 aliphatic carbocycles. The summed E-state index contributed by atoms with van der Waals surface area (Å²) in [5, 5.41) is 3.42. The van der Waals surface area contributed by atoms with E-state index < -0.39 is 0 Å². The lowest BCUT2D eigenvalue weighted by atomic mass is 10.1. The van der Waals surface area contributed by atoms with Gasteiger partial charge in [-0.05, 0) is 46.0 Å². The molecule has 0 aromatic heterocycles. The summed E-state index contributed by atoms with van der Waals surface area (Å²) in [6.45, 7) is 8.48. The molecule has 0 aromatic rings. The Balaban J connectivity index is 1.68. The van der Waals surface area contributed by atoms with Crippen LogP contribution < -0.4 is 5.32 Å². The highest BCUT2D eigenvalue weighted by atomic mass is 16.5. The van der Waals surface area contributed by atoms with E-state index in [-0.39, 0.29) is 5.60 Å². The first-order valence-corrected chi connectivity index (χ1v) is 9.28. The van der Waals surface area contributed by atoms with E-state index in [1.807, 2.05) is 7.05 Å². The van der Waals surface area contributed by atoms with Gasteiger partial charge in [-0.3, -0.25) is 4.99 Å². The van der Waals surface area contributed by atoms with Crippen LogP contribution >= 0.6 is 0 Å². The molecule has 2 saturated heterocycles. The Morgan fingerprint density at radius 3 is 2.58 bits per heavy atom. The van der Waals surface area contributed by atoms with Crippen molar-refractivity contribution in [3.63, 3.8) is 0 Å². The SMILES string of the molecule is CN=C(NCC(C)(C)OC)N1CCC(OCC2CCCCO2)CC1. The van der Waals surface area contributed by atoms with Crippen LogP contribution in [0.25, 0.3) is 0 Å². The van der Waals surface area contributed by atoms with Gasteiger partial charge in [-0.15, -0.1) is 0 Å². The fourth-order valence-corrected chi connectivity index (χ4v) is 3.11. The van der Waals surface area contributed by atoms with Crippen LogP contribution in [0.3, 0.4) is 0 Å². The van der Waals surface area contributed by atoms with Gasteiger partial charge in [0.15, 0.2) is 5.96 Å². The highest BCUT2D eigenvalue weighted by Crippen LogP contribution is 2.18. The van der Waals surface area contributed by atoms with Gasteiger partial charge in [-0.1, -0.05) is 0 Å². The maximum atomic E-state index is 6.08. The van der Waals surface area contributed by atoms with Gasteiger partial charge < -0.3 is 24.4 Å². The Kier molecular flexibility index (Phi) is 7.78. The summed E-state index contributed by atoms with van der Waals surface area (Å²) in [5.74, 6) is 0.953. The van der Waals surface area contributed by atoms with Crippen LogP contribution in [0.4, 0.5) is 0 Å². The molecular formula is C18H35N3O3. The number of ether oxygens (including phenoxy) is 3. The first-order valence-electron chi connectivity index (χ1n) is 9.28. The molecule has 0 aromatic carbocycles. The Bertz CT molecular complexity index is 387. The molecule has 0 saturated carbocycles. The minimum absolute atomic E-state index is 0.197. The minimum Gasteiger partial charge on any atom is -0.377 e. The first-order chi connectivity index (χ1) is 11.5. The van der Waals surface area contributed by atoms with Gasteiger partial charge in [0.25, 0.3) is 0 Å². The Hall–Kier alpha value is -0.850. The van der Waals surface area contributed by atoms with Crippen molar-refractivity contribution in [3.05, 3.63) is 0 Å². The number of aliphatic imine (C=N–C) groups is 1. The quantitative estimate of drug-likeness (QED) is 0.592. The van der Waals surface area contributed by atoms with E-state index in [0.29, 0.717) is 12.2 Å². The fourth-order valence-electron chi connectivity index (χ4n) is 3.11. The number of nitrogens with one attached hydrogen (secondary N) is 1. The molecule has 140 valence electrons. The summed E-state index contributed by atoms with van der Waals surface area (Å²) in [7, 11) is 3.58. The van der Waals surface area contributed by atoms with Crippen molar-refractivity contribution in [2.24, 2.45) is 4.99 Å². The minimum atomic E-state index is -0.197. The second-order valence-electron chi connectivity index (χ2n) is 7.37. The molecule has 24 heavy (non-hydrogen) atoms. The molecule has 0 bridgehead atoms. The van der Waals surface area contributed by atoms with Crippen LogP contribution in [0.15, 0.2) is 4.99 Å². The number of piperidine rings is 1. The second-order valence-corrected chi connectivity index (χ2v) is 7.37. The van der Waals surface area contributed by atoms with Crippen molar-refractivity contribution in [1.82, 2.24) is 10.2 Å². The topological polar surface area (TPSA) is 55.3 Å². The summed E-state index contributed by atoms with van der Waals surface area (Å²) in [5.41, 5.74) is -0.197. The molecule has 2 heterocycles. The zero-order valence-electron chi connectivity index (χ0n) is 15.8. The third kappa shape index (κ3) is 6.22. The molecular weight excluding hydrogens is 306 g/mol. The lowest BCUT2D eigenvalue weighted by Crippen LogP contribution is -2.50. The van der Waals surface area contributed by atoms with Gasteiger partial charge in [-0.2, -0.15) is 0 Å². The number of rotatable bonds is 6. The van der Waals surface area contributed by atoms with E-state index in [0.717, 1.165) is 58.1 Å². The summed E-state index contributed by atoms with van der Waals surface area (Å²) in [6, 6.07) is 0. The molecule has 1 unspecified atom stereocenters. The van der Waals surface area contributed by atoms with Gasteiger partial charge in [0.1, 0.15) is 0 Å². The highest BCUT2D eigenvalue weighted by Gasteiger charge is 2.25. The van der Waals surface area contributed by atoms with Crippen LogP contribution in [0.1, 0.15) is 46.0 Å². The molecule has 2 aliphatic heterocycles. The van der Waals surface area contributed by atoms with Crippen LogP contribution in [0.2, 0.25) is 0 Å². The molecule has 1 atom stereocenters. The molecule has 6 nitrogen and oxygen atoms in total. The number of hydrogen-bond donors (Lipinski definition) is 1. The molecule has 0 amide bonds. The van der Waals surface area contributed by atoms with Crippen molar-refractivity contribution in [2.75, 3.05) is 47.0 Å². The van der Waals surface area contributed by atoms with Crippen LogP contribution in [0.5, 0.6) is 0 Å². The van der Waals surface area contributed by atoms with Crippen LogP contribution in [-0.4, -0.2) is 75.7 Å². The molecule has 2 rings (SSSR count). The summed E-state index contributed by atoms with van der Waals surface area (Å²) < 4.78 is 17.3. The number of guanidine groups is 1. The fraction of sp³-hybridized carbons (Fsp3) is 0.944. The molecule has 0 radical (unpaired) electrons. The van der Waals surface area contributed by atoms with E-state index in [1.165, 1.54) is 12.8 Å². The van der Waals surface area contributed by atoms with E-state index >= 15 is 0 Å². The Morgan fingerprint density at radius 2 is 2.00 bits per heavy atom. The predicted molar refractivity (Wildman–Crippen MR) is 96.6 cm³/mol. The second kappa shape index (κ2) is 9.59.